The Morgan fingerprint density at radius 2 is 1.74 bits per heavy atom. The van der Waals surface area contributed by atoms with Gasteiger partial charge in [0.1, 0.15) is 11.6 Å². The van der Waals surface area contributed by atoms with Crippen molar-refractivity contribution in [2.75, 3.05) is 13.1 Å². The highest BCUT2D eigenvalue weighted by Gasteiger charge is 2.09. The molecule has 3 N–H and O–H groups in total. The van der Waals surface area contributed by atoms with Crippen molar-refractivity contribution in [3.05, 3.63) is 50.0 Å². The average molecular weight is 349 g/mol. The topological polar surface area (TPSA) is 84.5 Å². The number of piperidine rings is 1. The molecule has 0 saturated carbocycles. The molecule has 2 heterocycles. The predicted octanol–water partition coefficient (Wildman–Crippen LogP) is 3.38. The van der Waals surface area contributed by atoms with E-state index >= 15 is 0 Å². The first-order valence-electron chi connectivity index (χ1n) is 7.35. The first-order valence-corrected chi connectivity index (χ1v) is 8.14. The van der Waals surface area contributed by atoms with E-state index in [1.165, 1.54) is 32.4 Å². The van der Waals surface area contributed by atoms with E-state index in [0.717, 1.165) is 0 Å². The zero-order valence-electron chi connectivity index (χ0n) is 12.5. The lowest BCUT2D eigenvalue weighted by Gasteiger charge is -2.08. The molecule has 1 saturated heterocycles. The molecule has 23 heavy (non-hydrogen) atoms. The molecule has 2 aromatic rings. The second-order valence-corrected chi connectivity index (χ2v) is 5.93. The second-order valence-electron chi connectivity index (χ2n) is 5.09. The molecule has 0 radical (unpaired) electrons. The molecule has 0 unspecified atom stereocenters. The third-order valence-corrected chi connectivity index (χ3v) is 3.85. The third kappa shape index (κ3) is 5.03. The predicted molar refractivity (Wildman–Crippen MR) is 94.1 cm³/mol. The first kappa shape index (κ1) is 17.4. The van der Waals surface area contributed by atoms with Gasteiger partial charge in [-0.3, -0.25) is 9.78 Å². The Labute approximate surface area is 144 Å². The molecule has 1 aromatic carbocycles. The van der Waals surface area contributed by atoms with E-state index in [1.54, 1.807) is 24.3 Å². The summed E-state index contributed by atoms with van der Waals surface area (Å²) in [6.07, 6.45) is 4.22. The van der Waals surface area contributed by atoms with Crippen LogP contribution < -0.4 is 10.9 Å². The number of aromatic amines is 2. The SMILES string of the molecule is C1CCNCC1.N#Cc1c(-c2ccc(Cl)cc2)[nH]c(=S)[nH]c1=O. The van der Waals surface area contributed by atoms with Gasteiger partial charge in [0.15, 0.2) is 4.77 Å². The van der Waals surface area contributed by atoms with Crippen molar-refractivity contribution >= 4 is 23.8 Å². The Morgan fingerprint density at radius 1 is 1.09 bits per heavy atom. The van der Waals surface area contributed by atoms with Crippen molar-refractivity contribution in [3.8, 4) is 17.3 Å². The highest BCUT2D eigenvalue weighted by molar-refractivity contribution is 7.71. The number of benzene rings is 1. The van der Waals surface area contributed by atoms with Gasteiger partial charge in [0.05, 0.1) is 5.69 Å². The molecule has 120 valence electrons. The van der Waals surface area contributed by atoms with E-state index < -0.39 is 5.56 Å². The first-order chi connectivity index (χ1) is 11.1. The van der Waals surface area contributed by atoms with Gasteiger partial charge in [-0.05, 0) is 55.8 Å². The van der Waals surface area contributed by atoms with Crippen LogP contribution in [0.4, 0.5) is 0 Å². The van der Waals surface area contributed by atoms with Crippen LogP contribution >= 0.6 is 23.8 Å². The molecule has 0 atom stereocenters. The summed E-state index contributed by atoms with van der Waals surface area (Å²) in [5.41, 5.74) is 0.586. The van der Waals surface area contributed by atoms with Crippen LogP contribution in [0.25, 0.3) is 11.3 Å². The van der Waals surface area contributed by atoms with Crippen LogP contribution in [-0.4, -0.2) is 23.1 Å². The van der Waals surface area contributed by atoms with Crippen LogP contribution in [0.2, 0.25) is 5.02 Å². The van der Waals surface area contributed by atoms with Gasteiger partial charge in [0.2, 0.25) is 0 Å². The van der Waals surface area contributed by atoms with Crippen LogP contribution in [0, 0.1) is 16.1 Å². The normalized spacial score (nSPS) is 13.6. The van der Waals surface area contributed by atoms with E-state index in [9.17, 15) is 4.79 Å². The van der Waals surface area contributed by atoms with E-state index in [2.05, 4.69) is 15.3 Å². The summed E-state index contributed by atoms with van der Waals surface area (Å²) in [7, 11) is 0. The standard InChI is InChI=1S/C11H6ClN3OS.C5H11N/c12-7-3-1-6(2-4-7)9-8(5-13)10(16)15-11(17)14-9;1-2-4-6-5-3-1/h1-4H,(H2,14,15,16,17);6H,1-5H2. The molecule has 3 rings (SSSR count). The largest absolute Gasteiger partial charge is 0.331 e. The number of aromatic nitrogens is 2. The highest BCUT2D eigenvalue weighted by atomic mass is 35.5. The minimum Gasteiger partial charge on any atom is -0.331 e. The smallest absolute Gasteiger partial charge is 0.270 e. The quantitative estimate of drug-likeness (QED) is 0.690. The molecular formula is C16H17ClN4OS. The number of rotatable bonds is 1. The maximum absolute atomic E-state index is 11.5. The second kappa shape index (κ2) is 8.63. The molecule has 5 nitrogen and oxygen atoms in total. The third-order valence-electron chi connectivity index (χ3n) is 3.39. The minimum atomic E-state index is -0.499. The number of halogens is 1. The zero-order valence-corrected chi connectivity index (χ0v) is 14.1. The van der Waals surface area contributed by atoms with Crippen molar-refractivity contribution in [1.29, 1.82) is 5.26 Å². The highest BCUT2D eigenvalue weighted by Crippen LogP contribution is 2.20. The fourth-order valence-corrected chi connectivity index (χ4v) is 2.55. The summed E-state index contributed by atoms with van der Waals surface area (Å²) in [5, 5.41) is 12.8. The Balaban J connectivity index is 0.000000268. The van der Waals surface area contributed by atoms with Crippen LogP contribution in [0.3, 0.4) is 0 Å². The molecular weight excluding hydrogens is 332 g/mol. The fraction of sp³-hybridized carbons (Fsp3) is 0.312. The van der Waals surface area contributed by atoms with Crippen molar-refractivity contribution in [3.63, 3.8) is 0 Å². The monoisotopic (exact) mass is 348 g/mol. The number of nitrogens with zero attached hydrogens (tertiary/aromatic N) is 1. The van der Waals surface area contributed by atoms with E-state index in [1.807, 2.05) is 6.07 Å². The molecule has 0 aliphatic carbocycles. The Hall–Kier alpha value is -1.94. The molecule has 0 amide bonds. The number of hydrogen-bond acceptors (Lipinski definition) is 4. The van der Waals surface area contributed by atoms with Crippen LogP contribution in [-0.2, 0) is 0 Å². The summed E-state index contributed by atoms with van der Waals surface area (Å²) in [6, 6.07) is 8.63. The van der Waals surface area contributed by atoms with Gasteiger partial charge in [-0.1, -0.05) is 30.2 Å². The van der Waals surface area contributed by atoms with Crippen molar-refractivity contribution < 1.29 is 0 Å². The summed E-state index contributed by atoms with van der Waals surface area (Å²) < 4.78 is 0.180. The maximum atomic E-state index is 11.5. The van der Waals surface area contributed by atoms with Crippen LogP contribution in [0.5, 0.6) is 0 Å². The summed E-state index contributed by atoms with van der Waals surface area (Å²) >= 11 is 10.6. The van der Waals surface area contributed by atoms with Gasteiger partial charge in [-0.15, -0.1) is 0 Å². The van der Waals surface area contributed by atoms with Gasteiger partial charge in [-0.2, -0.15) is 5.26 Å². The molecule has 1 aliphatic heterocycles. The summed E-state index contributed by atoms with van der Waals surface area (Å²) in [6.45, 7) is 2.50. The van der Waals surface area contributed by atoms with E-state index in [0.29, 0.717) is 16.3 Å². The van der Waals surface area contributed by atoms with Crippen molar-refractivity contribution in [2.24, 2.45) is 0 Å². The van der Waals surface area contributed by atoms with E-state index in [4.69, 9.17) is 29.1 Å². The van der Waals surface area contributed by atoms with Gasteiger partial charge in [0.25, 0.3) is 5.56 Å². The molecule has 7 heteroatoms. The number of nitriles is 1. The van der Waals surface area contributed by atoms with Gasteiger partial charge in [0, 0.05) is 5.02 Å². The fourth-order valence-electron chi connectivity index (χ4n) is 2.23. The maximum Gasteiger partial charge on any atom is 0.270 e. The summed E-state index contributed by atoms with van der Waals surface area (Å²) in [4.78, 5) is 16.7. The van der Waals surface area contributed by atoms with Crippen LogP contribution in [0.15, 0.2) is 29.1 Å². The van der Waals surface area contributed by atoms with Crippen LogP contribution in [0.1, 0.15) is 24.8 Å². The average Bonchev–Trinajstić information content (AvgIpc) is 2.57. The minimum absolute atomic E-state index is 0.000854. The Bertz CT molecular complexity index is 789. The Morgan fingerprint density at radius 3 is 2.22 bits per heavy atom. The molecule has 0 bridgehead atoms. The van der Waals surface area contributed by atoms with Crippen molar-refractivity contribution in [1.82, 2.24) is 15.3 Å². The summed E-state index contributed by atoms with van der Waals surface area (Å²) in [5.74, 6) is 0. The lowest BCUT2D eigenvalue weighted by Crippen LogP contribution is -2.21. The van der Waals surface area contributed by atoms with Gasteiger partial charge >= 0.3 is 0 Å². The zero-order chi connectivity index (χ0) is 16.7. The van der Waals surface area contributed by atoms with Gasteiger partial charge < -0.3 is 10.3 Å². The Kier molecular flexibility index (Phi) is 6.53. The van der Waals surface area contributed by atoms with Gasteiger partial charge in [-0.25, -0.2) is 0 Å². The number of hydrogen-bond donors (Lipinski definition) is 3. The number of H-pyrrole nitrogens is 2. The van der Waals surface area contributed by atoms with Crippen molar-refractivity contribution in [2.45, 2.75) is 19.3 Å². The van der Waals surface area contributed by atoms with E-state index in [-0.39, 0.29) is 10.3 Å². The molecule has 1 aliphatic rings. The lowest BCUT2D eigenvalue weighted by atomic mass is 10.1. The lowest BCUT2D eigenvalue weighted by molar-refractivity contribution is 0.520. The number of nitrogens with one attached hydrogen (secondary N) is 3. The molecule has 1 fully saturated rings. The molecule has 0 spiro atoms. The molecule has 1 aromatic heterocycles.